The minimum Gasteiger partial charge on any atom is -0.480 e. The molecule has 6 nitrogen and oxygen atoms in total. The molecule has 1 fully saturated rings. The van der Waals surface area contributed by atoms with Crippen LogP contribution in [0.3, 0.4) is 0 Å². The van der Waals surface area contributed by atoms with Crippen molar-refractivity contribution in [2.75, 3.05) is 0 Å². The molecule has 3 amide bonds. The molecule has 0 radical (unpaired) electrons. The maximum Gasteiger partial charge on any atom is 0.329 e. The molecule has 0 aromatic heterocycles. The number of urea groups is 1. The van der Waals surface area contributed by atoms with Crippen LogP contribution in [0.2, 0.25) is 0 Å². The zero-order valence-electron chi connectivity index (χ0n) is 14.9. The number of carboxylic acid groups (broad SMARTS) is 1. The van der Waals surface area contributed by atoms with Crippen molar-refractivity contribution in [1.29, 1.82) is 0 Å². The zero-order chi connectivity index (χ0) is 18.5. The van der Waals surface area contributed by atoms with E-state index in [1.165, 1.54) is 13.8 Å². The Labute approximate surface area is 141 Å². The smallest absolute Gasteiger partial charge is 0.329 e. The van der Waals surface area contributed by atoms with E-state index in [1.54, 1.807) is 19.1 Å². The summed E-state index contributed by atoms with van der Waals surface area (Å²) in [5.74, 6) is -1.80. The van der Waals surface area contributed by atoms with Gasteiger partial charge in [0.1, 0.15) is 11.1 Å². The van der Waals surface area contributed by atoms with Gasteiger partial charge in [-0.1, -0.05) is 45.0 Å². The van der Waals surface area contributed by atoms with Crippen LogP contribution in [-0.4, -0.2) is 33.5 Å². The Morgan fingerprint density at radius 1 is 1.08 bits per heavy atom. The summed E-state index contributed by atoms with van der Waals surface area (Å²) in [6.07, 6.45) is 0. The predicted molar refractivity (Wildman–Crippen MR) is 89.6 cm³/mol. The van der Waals surface area contributed by atoms with E-state index in [1.807, 2.05) is 12.1 Å². The van der Waals surface area contributed by atoms with Gasteiger partial charge in [0, 0.05) is 0 Å². The Kier molecular flexibility index (Phi) is 3.99. The van der Waals surface area contributed by atoms with E-state index in [0.717, 1.165) is 10.5 Å². The molecule has 1 aliphatic heterocycles. The van der Waals surface area contributed by atoms with Crippen molar-refractivity contribution in [3.63, 3.8) is 0 Å². The average Bonchev–Trinajstić information content (AvgIpc) is 2.69. The van der Waals surface area contributed by atoms with E-state index in [4.69, 9.17) is 0 Å². The SMILES string of the molecule is CC(C)(C)c1ccc(C2(C)NC(=O)N(C(C)(C)C(=O)O)C2=O)cc1. The van der Waals surface area contributed by atoms with Gasteiger partial charge in [-0.3, -0.25) is 4.79 Å². The molecule has 1 aromatic carbocycles. The summed E-state index contributed by atoms with van der Waals surface area (Å²) < 4.78 is 0. The van der Waals surface area contributed by atoms with E-state index in [-0.39, 0.29) is 5.41 Å². The molecule has 1 unspecified atom stereocenters. The fraction of sp³-hybridized carbons (Fsp3) is 0.500. The summed E-state index contributed by atoms with van der Waals surface area (Å²) in [5.41, 5.74) is -1.20. The number of carbonyl (C=O) groups excluding carboxylic acids is 2. The van der Waals surface area contributed by atoms with Crippen LogP contribution in [0.5, 0.6) is 0 Å². The number of carbonyl (C=O) groups is 3. The molecule has 0 saturated carbocycles. The first-order valence-electron chi connectivity index (χ1n) is 7.83. The lowest BCUT2D eigenvalue weighted by atomic mass is 9.84. The molecule has 24 heavy (non-hydrogen) atoms. The first-order valence-corrected chi connectivity index (χ1v) is 7.83. The third-order valence-corrected chi connectivity index (χ3v) is 4.60. The Bertz CT molecular complexity index is 701. The summed E-state index contributed by atoms with van der Waals surface area (Å²) in [5, 5.41) is 12.0. The third-order valence-electron chi connectivity index (χ3n) is 4.60. The van der Waals surface area contributed by atoms with Crippen molar-refractivity contribution in [2.24, 2.45) is 0 Å². The van der Waals surface area contributed by atoms with Crippen molar-refractivity contribution >= 4 is 17.9 Å². The van der Waals surface area contributed by atoms with Crippen LogP contribution in [0.1, 0.15) is 52.7 Å². The second-order valence-electron chi connectivity index (χ2n) is 7.89. The molecule has 1 aliphatic rings. The highest BCUT2D eigenvalue weighted by atomic mass is 16.4. The first kappa shape index (κ1) is 18.0. The van der Waals surface area contributed by atoms with Crippen LogP contribution < -0.4 is 5.32 Å². The molecule has 6 heteroatoms. The minimum atomic E-state index is -1.62. The van der Waals surface area contributed by atoms with Gasteiger partial charge >= 0.3 is 12.0 Å². The number of hydrogen-bond donors (Lipinski definition) is 2. The molecule has 1 atom stereocenters. The molecule has 2 rings (SSSR count). The Balaban J connectivity index is 2.43. The van der Waals surface area contributed by atoms with Gasteiger partial charge in [-0.2, -0.15) is 0 Å². The highest BCUT2D eigenvalue weighted by Crippen LogP contribution is 2.34. The largest absolute Gasteiger partial charge is 0.480 e. The lowest BCUT2D eigenvalue weighted by Gasteiger charge is -2.30. The second kappa shape index (κ2) is 5.33. The lowest BCUT2D eigenvalue weighted by molar-refractivity contribution is -0.153. The normalized spacial score (nSPS) is 21.8. The molecule has 0 bridgehead atoms. The number of imide groups is 1. The van der Waals surface area contributed by atoms with Gasteiger partial charge in [0.05, 0.1) is 0 Å². The van der Waals surface area contributed by atoms with Crippen molar-refractivity contribution in [3.05, 3.63) is 35.4 Å². The lowest BCUT2D eigenvalue weighted by Crippen LogP contribution is -2.54. The van der Waals surface area contributed by atoms with E-state index in [2.05, 4.69) is 26.1 Å². The number of rotatable bonds is 3. The van der Waals surface area contributed by atoms with Crippen molar-refractivity contribution in [3.8, 4) is 0 Å². The number of nitrogens with zero attached hydrogens (tertiary/aromatic N) is 1. The Morgan fingerprint density at radius 3 is 2.00 bits per heavy atom. The van der Waals surface area contributed by atoms with Gasteiger partial charge in [-0.15, -0.1) is 0 Å². The Morgan fingerprint density at radius 2 is 1.58 bits per heavy atom. The number of amides is 3. The van der Waals surface area contributed by atoms with E-state index < -0.39 is 29.0 Å². The monoisotopic (exact) mass is 332 g/mol. The highest BCUT2D eigenvalue weighted by molar-refractivity contribution is 6.10. The number of aliphatic carboxylic acids is 1. The van der Waals surface area contributed by atoms with Gasteiger partial charge < -0.3 is 10.4 Å². The number of benzene rings is 1. The molecule has 0 spiro atoms. The van der Waals surface area contributed by atoms with E-state index in [0.29, 0.717) is 5.56 Å². The van der Waals surface area contributed by atoms with Gasteiger partial charge in [0.15, 0.2) is 0 Å². The van der Waals surface area contributed by atoms with Gasteiger partial charge in [-0.05, 0) is 37.3 Å². The molecular weight excluding hydrogens is 308 g/mol. The maximum atomic E-state index is 12.9. The molecule has 0 aliphatic carbocycles. The van der Waals surface area contributed by atoms with E-state index >= 15 is 0 Å². The van der Waals surface area contributed by atoms with Crippen LogP contribution in [0.25, 0.3) is 0 Å². The molecule has 1 saturated heterocycles. The minimum absolute atomic E-state index is 0.0281. The van der Waals surface area contributed by atoms with Crippen molar-refractivity contribution < 1.29 is 19.5 Å². The number of nitrogens with one attached hydrogen (secondary N) is 1. The number of hydrogen-bond acceptors (Lipinski definition) is 3. The molecule has 1 heterocycles. The fourth-order valence-corrected chi connectivity index (χ4v) is 2.74. The first-order chi connectivity index (χ1) is 10.8. The van der Waals surface area contributed by atoms with Crippen LogP contribution >= 0.6 is 0 Å². The Hall–Kier alpha value is -2.37. The van der Waals surface area contributed by atoms with Crippen molar-refractivity contribution in [2.45, 2.75) is 58.0 Å². The summed E-state index contributed by atoms with van der Waals surface area (Å²) >= 11 is 0. The van der Waals surface area contributed by atoms with Gasteiger partial charge in [0.25, 0.3) is 5.91 Å². The van der Waals surface area contributed by atoms with Crippen LogP contribution in [0.15, 0.2) is 24.3 Å². The summed E-state index contributed by atoms with van der Waals surface area (Å²) in [4.78, 5) is 37.3. The van der Waals surface area contributed by atoms with Gasteiger partial charge in [0.2, 0.25) is 0 Å². The second-order valence-corrected chi connectivity index (χ2v) is 7.89. The molecule has 130 valence electrons. The highest BCUT2D eigenvalue weighted by Gasteiger charge is 2.56. The fourth-order valence-electron chi connectivity index (χ4n) is 2.74. The summed E-state index contributed by atoms with van der Waals surface area (Å²) in [7, 11) is 0. The average molecular weight is 332 g/mol. The van der Waals surface area contributed by atoms with Crippen LogP contribution in [0.4, 0.5) is 4.79 Å². The summed E-state index contributed by atoms with van der Waals surface area (Å²) in [6, 6.07) is 6.75. The van der Waals surface area contributed by atoms with E-state index in [9.17, 15) is 19.5 Å². The van der Waals surface area contributed by atoms with Crippen LogP contribution in [-0.2, 0) is 20.5 Å². The van der Waals surface area contributed by atoms with Crippen molar-refractivity contribution in [1.82, 2.24) is 10.2 Å². The maximum absolute atomic E-state index is 12.9. The molecule has 2 N–H and O–H groups in total. The predicted octanol–water partition coefficient (Wildman–Crippen LogP) is 2.61. The third kappa shape index (κ3) is 2.66. The standard InChI is InChI=1S/C18H24N2O4/c1-16(2,3)11-7-9-12(10-8-11)18(6)13(21)20(15(24)19-18)17(4,5)14(22)23/h7-10H,1-6H3,(H,19,24)(H,22,23). The quantitative estimate of drug-likeness (QED) is 0.833. The number of carboxylic acids is 1. The zero-order valence-corrected chi connectivity index (χ0v) is 14.9. The topological polar surface area (TPSA) is 86.7 Å². The van der Waals surface area contributed by atoms with Gasteiger partial charge in [-0.25, -0.2) is 14.5 Å². The summed E-state index contributed by atoms with van der Waals surface area (Å²) in [6.45, 7) is 10.5. The molecule has 1 aromatic rings. The molecular formula is C18H24N2O4. The van der Waals surface area contributed by atoms with Crippen LogP contribution in [0, 0.1) is 0 Å².